The van der Waals surface area contributed by atoms with Gasteiger partial charge >= 0.3 is 0 Å². The van der Waals surface area contributed by atoms with Crippen molar-refractivity contribution >= 4 is 39.2 Å². The van der Waals surface area contributed by atoms with Crippen LogP contribution in [0.1, 0.15) is 50.0 Å². The number of carbonyl (C=O) groups is 1. The first-order valence-corrected chi connectivity index (χ1v) is 12.4. The molecule has 1 saturated heterocycles. The van der Waals surface area contributed by atoms with Crippen molar-refractivity contribution in [2.45, 2.75) is 70.2 Å². The molecule has 1 amide bonds. The van der Waals surface area contributed by atoms with E-state index < -0.39 is 0 Å². The summed E-state index contributed by atoms with van der Waals surface area (Å²) >= 11 is 3.02. The summed E-state index contributed by atoms with van der Waals surface area (Å²) in [5.74, 6) is 0.904. The van der Waals surface area contributed by atoms with E-state index in [2.05, 4.69) is 12.2 Å². The quantitative estimate of drug-likeness (QED) is 0.533. The highest BCUT2D eigenvalue weighted by atomic mass is 32.2. The normalized spacial score (nSPS) is 21.4. The molecular weight excluding hydrogens is 406 g/mol. The summed E-state index contributed by atoms with van der Waals surface area (Å²) in [6, 6.07) is 0. The lowest BCUT2D eigenvalue weighted by Gasteiger charge is -2.18. The lowest BCUT2D eigenvalue weighted by atomic mass is 9.89. The topological polar surface area (TPSA) is 73.2 Å². The van der Waals surface area contributed by atoms with E-state index in [0.29, 0.717) is 24.2 Å². The second-order valence-electron chi connectivity index (χ2n) is 8.12. The third-order valence-electron chi connectivity index (χ3n) is 5.69. The molecule has 0 radical (unpaired) electrons. The Labute approximate surface area is 179 Å². The van der Waals surface area contributed by atoms with Crippen LogP contribution in [0.3, 0.4) is 0 Å². The van der Waals surface area contributed by atoms with E-state index in [9.17, 15) is 9.59 Å². The zero-order chi connectivity index (χ0) is 20.4. The Kier molecular flexibility index (Phi) is 6.61. The van der Waals surface area contributed by atoms with Crippen molar-refractivity contribution in [3.8, 4) is 0 Å². The molecule has 4 rings (SSSR count). The van der Waals surface area contributed by atoms with Gasteiger partial charge in [0, 0.05) is 18.0 Å². The summed E-state index contributed by atoms with van der Waals surface area (Å²) in [5, 5.41) is 4.33. The van der Waals surface area contributed by atoms with E-state index in [1.165, 1.54) is 22.2 Å². The first-order valence-electron chi connectivity index (χ1n) is 10.6. The number of thiophene rings is 1. The van der Waals surface area contributed by atoms with E-state index >= 15 is 0 Å². The van der Waals surface area contributed by atoms with E-state index in [0.717, 1.165) is 55.3 Å². The van der Waals surface area contributed by atoms with E-state index in [1.54, 1.807) is 15.9 Å². The number of rotatable bonds is 7. The number of aryl methyl sites for hydroxylation is 1. The average molecular weight is 436 g/mol. The zero-order valence-electron chi connectivity index (χ0n) is 17.2. The summed E-state index contributed by atoms with van der Waals surface area (Å²) in [4.78, 5) is 32.6. The highest BCUT2D eigenvalue weighted by Gasteiger charge is 2.26. The Hall–Kier alpha value is -1.38. The van der Waals surface area contributed by atoms with Crippen LogP contribution in [0.15, 0.2) is 9.95 Å². The predicted molar refractivity (Wildman–Crippen MR) is 118 cm³/mol. The molecule has 2 atom stereocenters. The number of carbonyl (C=O) groups excluding carboxylic acids is 1. The number of nitrogens with one attached hydrogen (secondary N) is 1. The molecule has 0 bridgehead atoms. The fourth-order valence-corrected chi connectivity index (χ4v) is 6.38. The molecule has 1 N–H and O–H groups in total. The third kappa shape index (κ3) is 4.54. The summed E-state index contributed by atoms with van der Waals surface area (Å²) in [6.07, 6.45) is 6.06. The second kappa shape index (κ2) is 9.18. The van der Waals surface area contributed by atoms with Crippen LogP contribution in [0.2, 0.25) is 0 Å². The van der Waals surface area contributed by atoms with Crippen LogP contribution in [0, 0.1) is 5.92 Å². The van der Waals surface area contributed by atoms with Crippen molar-refractivity contribution in [1.29, 1.82) is 0 Å². The maximum atomic E-state index is 13.5. The largest absolute Gasteiger partial charge is 0.376 e. The standard InChI is InChI=1S/C21H29N3O3S2/c1-3-8-22-17(25)12-28-21-23-19-18(15-7-6-13(2)10-16(15)29-19)20(26)24(21)11-14-5-4-9-27-14/h13-14H,3-12H2,1-2H3,(H,22,25). The van der Waals surface area contributed by atoms with E-state index in [-0.39, 0.29) is 23.3 Å². The Bertz CT molecular complexity index is 947. The molecule has 6 nitrogen and oxygen atoms in total. The first kappa shape index (κ1) is 20.9. The predicted octanol–water partition coefficient (Wildman–Crippen LogP) is 3.38. The number of nitrogens with zero attached hydrogens (tertiary/aromatic N) is 2. The Morgan fingerprint density at radius 2 is 2.28 bits per heavy atom. The Balaban J connectivity index is 1.69. The molecule has 1 aliphatic heterocycles. The number of aromatic nitrogens is 2. The molecule has 2 unspecified atom stereocenters. The van der Waals surface area contributed by atoms with Crippen LogP contribution in [-0.2, 0) is 28.9 Å². The van der Waals surface area contributed by atoms with Gasteiger partial charge in [0.1, 0.15) is 4.83 Å². The number of ether oxygens (including phenoxy) is 1. The number of hydrogen-bond acceptors (Lipinski definition) is 6. The fourth-order valence-electron chi connectivity index (χ4n) is 4.11. The monoisotopic (exact) mass is 435 g/mol. The molecule has 0 aromatic carbocycles. The molecule has 2 aliphatic rings. The molecular formula is C21H29N3O3S2. The molecule has 158 valence electrons. The second-order valence-corrected chi connectivity index (χ2v) is 10.1. The Morgan fingerprint density at radius 3 is 3.03 bits per heavy atom. The number of thioether (sulfide) groups is 1. The third-order valence-corrected chi connectivity index (χ3v) is 7.82. The van der Waals surface area contributed by atoms with Crippen LogP contribution in [-0.4, -0.2) is 40.5 Å². The van der Waals surface area contributed by atoms with Crippen LogP contribution in [0.4, 0.5) is 0 Å². The number of fused-ring (bicyclic) bond motifs is 3. The van der Waals surface area contributed by atoms with Gasteiger partial charge in [-0.2, -0.15) is 0 Å². The number of hydrogen-bond donors (Lipinski definition) is 1. The van der Waals surface area contributed by atoms with Gasteiger partial charge in [-0.25, -0.2) is 4.98 Å². The smallest absolute Gasteiger partial charge is 0.263 e. The van der Waals surface area contributed by atoms with Crippen molar-refractivity contribution in [2.75, 3.05) is 18.9 Å². The summed E-state index contributed by atoms with van der Waals surface area (Å²) in [7, 11) is 0. The van der Waals surface area contributed by atoms with Crippen molar-refractivity contribution in [3.05, 3.63) is 20.8 Å². The minimum Gasteiger partial charge on any atom is -0.376 e. The van der Waals surface area contributed by atoms with Crippen molar-refractivity contribution in [1.82, 2.24) is 14.9 Å². The lowest BCUT2D eigenvalue weighted by Crippen LogP contribution is -2.30. The van der Waals surface area contributed by atoms with Crippen LogP contribution in [0.5, 0.6) is 0 Å². The molecule has 1 fully saturated rings. The highest BCUT2D eigenvalue weighted by Crippen LogP contribution is 2.36. The zero-order valence-corrected chi connectivity index (χ0v) is 18.8. The van der Waals surface area contributed by atoms with Gasteiger partial charge in [0.2, 0.25) is 5.91 Å². The summed E-state index contributed by atoms with van der Waals surface area (Å²) < 4.78 is 7.56. The molecule has 2 aromatic rings. The van der Waals surface area contributed by atoms with Crippen molar-refractivity contribution in [2.24, 2.45) is 5.92 Å². The van der Waals surface area contributed by atoms with Crippen LogP contribution in [0.25, 0.3) is 10.2 Å². The average Bonchev–Trinajstić information content (AvgIpc) is 3.34. The fraction of sp³-hybridized carbons (Fsp3) is 0.667. The SMILES string of the molecule is CCCNC(=O)CSc1nc2sc3c(c2c(=O)n1CC1CCCO1)CCC(C)C3. The van der Waals surface area contributed by atoms with Gasteiger partial charge in [0.15, 0.2) is 5.16 Å². The number of amides is 1. The van der Waals surface area contributed by atoms with E-state index in [1.807, 2.05) is 6.92 Å². The van der Waals surface area contributed by atoms with Gasteiger partial charge in [-0.15, -0.1) is 11.3 Å². The maximum Gasteiger partial charge on any atom is 0.263 e. The van der Waals surface area contributed by atoms with Gasteiger partial charge in [0.05, 0.1) is 23.8 Å². The minimum atomic E-state index is -0.0193. The summed E-state index contributed by atoms with van der Waals surface area (Å²) in [6.45, 7) is 6.24. The van der Waals surface area contributed by atoms with Crippen LogP contribution < -0.4 is 10.9 Å². The van der Waals surface area contributed by atoms with Gasteiger partial charge < -0.3 is 10.1 Å². The van der Waals surface area contributed by atoms with Crippen molar-refractivity contribution in [3.63, 3.8) is 0 Å². The van der Waals surface area contributed by atoms with E-state index in [4.69, 9.17) is 9.72 Å². The van der Waals surface area contributed by atoms with Gasteiger partial charge in [-0.3, -0.25) is 14.2 Å². The maximum absolute atomic E-state index is 13.5. The molecule has 3 heterocycles. The first-order chi connectivity index (χ1) is 14.1. The molecule has 8 heteroatoms. The molecule has 1 aliphatic carbocycles. The van der Waals surface area contributed by atoms with Crippen LogP contribution >= 0.6 is 23.1 Å². The Morgan fingerprint density at radius 1 is 1.41 bits per heavy atom. The molecule has 0 saturated carbocycles. The lowest BCUT2D eigenvalue weighted by molar-refractivity contribution is -0.118. The minimum absolute atomic E-state index is 0.0193. The summed E-state index contributed by atoms with van der Waals surface area (Å²) in [5.41, 5.74) is 1.24. The van der Waals surface area contributed by atoms with Gasteiger partial charge in [-0.1, -0.05) is 25.6 Å². The van der Waals surface area contributed by atoms with Gasteiger partial charge in [-0.05, 0) is 50.0 Å². The molecule has 0 spiro atoms. The van der Waals surface area contributed by atoms with Gasteiger partial charge in [0.25, 0.3) is 5.56 Å². The van der Waals surface area contributed by atoms with Crippen molar-refractivity contribution < 1.29 is 9.53 Å². The molecule has 2 aromatic heterocycles. The molecule has 29 heavy (non-hydrogen) atoms. The highest BCUT2D eigenvalue weighted by molar-refractivity contribution is 7.99.